The molecule has 0 aliphatic heterocycles. The van der Waals surface area contributed by atoms with Gasteiger partial charge in [0.1, 0.15) is 11.6 Å². The average molecular weight is 275 g/mol. The maximum atomic E-state index is 11.6. The summed E-state index contributed by atoms with van der Waals surface area (Å²) in [6, 6.07) is -0.660. The van der Waals surface area contributed by atoms with Crippen LogP contribution < -0.4 is 5.32 Å². The number of esters is 1. The van der Waals surface area contributed by atoms with Gasteiger partial charge in [0.2, 0.25) is 0 Å². The summed E-state index contributed by atoms with van der Waals surface area (Å²) in [4.78, 5) is 23.1. The van der Waals surface area contributed by atoms with E-state index in [2.05, 4.69) is 5.32 Å². The van der Waals surface area contributed by atoms with Crippen LogP contribution in [0.25, 0.3) is 0 Å². The smallest absolute Gasteiger partial charge is 0.408 e. The fourth-order valence-corrected chi connectivity index (χ4v) is 1.09. The first-order valence-corrected chi connectivity index (χ1v) is 6.85. The molecule has 0 rings (SSSR count). The summed E-state index contributed by atoms with van der Waals surface area (Å²) in [5.41, 5.74) is -0.579. The van der Waals surface area contributed by atoms with Crippen LogP contribution in [0.2, 0.25) is 0 Å². The standard InChI is InChI=1S/C12H23NO4.C2H6/c1-7-9(10(14)16-8(2)3)13-11(15)17-12(4,5)6;1-2/h8-9H,7H2,1-6H3,(H,13,15);1-2H3. The number of hydrogen-bond donors (Lipinski definition) is 1. The van der Waals surface area contributed by atoms with Crippen molar-refractivity contribution in [3.05, 3.63) is 0 Å². The summed E-state index contributed by atoms with van der Waals surface area (Å²) in [5, 5.41) is 2.49. The van der Waals surface area contributed by atoms with Gasteiger partial charge < -0.3 is 14.8 Å². The molecule has 0 aromatic heterocycles. The number of hydrogen-bond acceptors (Lipinski definition) is 4. The number of alkyl carbamates (subject to hydrolysis) is 1. The molecule has 0 heterocycles. The number of amides is 1. The average Bonchev–Trinajstić information content (AvgIpc) is 2.25. The molecule has 114 valence electrons. The van der Waals surface area contributed by atoms with E-state index in [1.54, 1.807) is 41.5 Å². The van der Waals surface area contributed by atoms with Gasteiger partial charge in [0.05, 0.1) is 6.10 Å². The first kappa shape index (κ1) is 20.1. The molecule has 1 atom stereocenters. The first-order valence-electron chi connectivity index (χ1n) is 6.85. The molecule has 1 amide bonds. The molecule has 0 saturated heterocycles. The Labute approximate surface area is 117 Å². The summed E-state index contributed by atoms with van der Waals surface area (Å²) in [6.07, 6.45) is -0.341. The molecule has 5 heteroatoms. The predicted molar refractivity (Wildman–Crippen MR) is 76.0 cm³/mol. The van der Waals surface area contributed by atoms with Crippen molar-refractivity contribution in [3.63, 3.8) is 0 Å². The zero-order chi connectivity index (χ0) is 15.6. The van der Waals surface area contributed by atoms with E-state index in [1.165, 1.54) is 0 Å². The molecule has 0 aliphatic rings. The summed E-state index contributed by atoms with van der Waals surface area (Å²) >= 11 is 0. The summed E-state index contributed by atoms with van der Waals surface area (Å²) < 4.78 is 10.1. The lowest BCUT2D eigenvalue weighted by Crippen LogP contribution is -2.44. The molecule has 0 aromatic rings. The summed E-state index contributed by atoms with van der Waals surface area (Å²) in [7, 11) is 0. The Hall–Kier alpha value is -1.26. The fourth-order valence-electron chi connectivity index (χ4n) is 1.09. The maximum absolute atomic E-state index is 11.6. The Balaban J connectivity index is 0. The number of rotatable bonds is 4. The predicted octanol–water partition coefficient (Wildman–Crippen LogP) is 3.27. The van der Waals surface area contributed by atoms with Crippen LogP contribution in [0.15, 0.2) is 0 Å². The minimum absolute atomic E-state index is 0.197. The Morgan fingerprint density at radius 2 is 1.63 bits per heavy atom. The van der Waals surface area contributed by atoms with Gasteiger partial charge in [0, 0.05) is 0 Å². The van der Waals surface area contributed by atoms with E-state index >= 15 is 0 Å². The molecule has 0 aliphatic carbocycles. The Kier molecular flexibility index (Phi) is 10.2. The highest BCUT2D eigenvalue weighted by atomic mass is 16.6. The van der Waals surface area contributed by atoms with Gasteiger partial charge in [0.15, 0.2) is 0 Å². The lowest BCUT2D eigenvalue weighted by Gasteiger charge is -2.22. The Morgan fingerprint density at radius 3 is 1.95 bits per heavy atom. The van der Waals surface area contributed by atoms with Crippen LogP contribution in [0.1, 0.15) is 61.8 Å². The lowest BCUT2D eigenvalue weighted by atomic mass is 10.2. The van der Waals surface area contributed by atoms with Gasteiger partial charge >= 0.3 is 12.1 Å². The van der Waals surface area contributed by atoms with Crippen molar-refractivity contribution in [1.29, 1.82) is 0 Å². The molecule has 0 spiro atoms. The highest BCUT2D eigenvalue weighted by Crippen LogP contribution is 2.07. The van der Waals surface area contributed by atoms with Crippen LogP contribution in [0.5, 0.6) is 0 Å². The number of nitrogens with one attached hydrogen (secondary N) is 1. The third-order valence-corrected chi connectivity index (χ3v) is 1.74. The van der Waals surface area contributed by atoms with Gasteiger partial charge in [-0.3, -0.25) is 0 Å². The molecule has 1 N–H and O–H groups in total. The van der Waals surface area contributed by atoms with Gasteiger partial charge in [0.25, 0.3) is 0 Å². The SMILES string of the molecule is CC.CCC(NC(=O)OC(C)(C)C)C(=O)OC(C)C. The molecule has 0 saturated carbocycles. The van der Waals surface area contributed by atoms with E-state index in [0.717, 1.165) is 0 Å². The van der Waals surface area contributed by atoms with Crippen LogP contribution in [0.3, 0.4) is 0 Å². The van der Waals surface area contributed by atoms with Crippen molar-refractivity contribution in [2.75, 3.05) is 0 Å². The quantitative estimate of drug-likeness (QED) is 0.800. The molecule has 0 fully saturated rings. The molecule has 0 aromatic carbocycles. The van der Waals surface area contributed by atoms with Crippen molar-refractivity contribution in [1.82, 2.24) is 5.32 Å². The topological polar surface area (TPSA) is 64.6 Å². The van der Waals surface area contributed by atoms with Gasteiger partial charge in [-0.15, -0.1) is 0 Å². The largest absolute Gasteiger partial charge is 0.461 e. The number of ether oxygens (including phenoxy) is 2. The van der Waals surface area contributed by atoms with E-state index in [9.17, 15) is 9.59 Å². The van der Waals surface area contributed by atoms with Gasteiger partial charge in [-0.2, -0.15) is 0 Å². The molecule has 0 bridgehead atoms. The van der Waals surface area contributed by atoms with Crippen LogP contribution in [0, 0.1) is 0 Å². The zero-order valence-corrected chi connectivity index (χ0v) is 13.5. The third-order valence-electron chi connectivity index (χ3n) is 1.74. The van der Waals surface area contributed by atoms with Crippen LogP contribution >= 0.6 is 0 Å². The zero-order valence-electron chi connectivity index (χ0n) is 13.5. The van der Waals surface area contributed by atoms with Crippen LogP contribution in [-0.4, -0.2) is 29.8 Å². The number of carbonyl (C=O) groups is 2. The molecule has 0 radical (unpaired) electrons. The van der Waals surface area contributed by atoms with Crippen LogP contribution in [0.4, 0.5) is 4.79 Å². The maximum Gasteiger partial charge on any atom is 0.408 e. The monoisotopic (exact) mass is 275 g/mol. The fraction of sp³-hybridized carbons (Fsp3) is 0.857. The van der Waals surface area contributed by atoms with Gasteiger partial charge in [-0.25, -0.2) is 9.59 Å². The molecular weight excluding hydrogens is 246 g/mol. The van der Waals surface area contributed by atoms with Crippen molar-refractivity contribution in [2.24, 2.45) is 0 Å². The highest BCUT2D eigenvalue weighted by Gasteiger charge is 2.24. The lowest BCUT2D eigenvalue weighted by molar-refractivity contribution is -0.150. The van der Waals surface area contributed by atoms with E-state index in [4.69, 9.17) is 9.47 Å². The normalized spacial score (nSPS) is 12.1. The summed E-state index contributed by atoms with van der Waals surface area (Å²) in [6.45, 7) is 14.6. The van der Waals surface area contributed by atoms with E-state index < -0.39 is 23.7 Å². The Morgan fingerprint density at radius 1 is 1.16 bits per heavy atom. The summed E-state index contributed by atoms with van der Waals surface area (Å²) in [5.74, 6) is -0.437. The first-order chi connectivity index (χ1) is 8.65. The van der Waals surface area contributed by atoms with Crippen molar-refractivity contribution < 1.29 is 19.1 Å². The third kappa shape index (κ3) is 11.6. The minimum atomic E-state index is -0.660. The minimum Gasteiger partial charge on any atom is -0.461 e. The second-order valence-electron chi connectivity index (χ2n) is 5.09. The molecule has 5 nitrogen and oxygen atoms in total. The van der Waals surface area contributed by atoms with Crippen molar-refractivity contribution >= 4 is 12.1 Å². The van der Waals surface area contributed by atoms with E-state index in [-0.39, 0.29) is 6.10 Å². The van der Waals surface area contributed by atoms with E-state index in [1.807, 2.05) is 13.8 Å². The van der Waals surface area contributed by atoms with E-state index in [0.29, 0.717) is 6.42 Å². The van der Waals surface area contributed by atoms with Gasteiger partial charge in [-0.05, 0) is 41.0 Å². The Bertz CT molecular complexity index is 269. The highest BCUT2D eigenvalue weighted by molar-refractivity contribution is 5.81. The second kappa shape index (κ2) is 9.64. The van der Waals surface area contributed by atoms with Crippen LogP contribution in [-0.2, 0) is 14.3 Å². The number of carbonyl (C=O) groups excluding carboxylic acids is 2. The molecular formula is C14H29NO4. The second-order valence-corrected chi connectivity index (χ2v) is 5.09. The molecule has 19 heavy (non-hydrogen) atoms. The molecule has 1 unspecified atom stereocenters. The van der Waals surface area contributed by atoms with Crippen molar-refractivity contribution in [2.45, 2.75) is 79.6 Å². The van der Waals surface area contributed by atoms with Crippen molar-refractivity contribution in [3.8, 4) is 0 Å². The van der Waals surface area contributed by atoms with Gasteiger partial charge in [-0.1, -0.05) is 20.8 Å².